The van der Waals surface area contributed by atoms with Crippen LogP contribution in [0.3, 0.4) is 0 Å². The lowest BCUT2D eigenvalue weighted by Gasteiger charge is -2.27. The maximum atomic E-state index is 9.84. The topological polar surface area (TPSA) is 95.0 Å². The van der Waals surface area contributed by atoms with Crippen LogP contribution in [0.5, 0.6) is 0 Å². The van der Waals surface area contributed by atoms with Crippen LogP contribution in [-0.2, 0) is 6.54 Å². The first-order valence-electron chi connectivity index (χ1n) is 11.5. The molecular formula is C23H34N6O. The van der Waals surface area contributed by atoms with Crippen LogP contribution >= 0.6 is 0 Å². The van der Waals surface area contributed by atoms with E-state index in [1.54, 1.807) is 0 Å². The van der Waals surface area contributed by atoms with Crippen LogP contribution in [0.1, 0.15) is 64.0 Å². The molecule has 2 aromatic heterocycles. The third-order valence-corrected chi connectivity index (χ3v) is 5.87. The Labute approximate surface area is 179 Å². The van der Waals surface area contributed by atoms with Crippen molar-refractivity contribution in [2.75, 3.05) is 17.2 Å². The third kappa shape index (κ3) is 5.89. The van der Waals surface area contributed by atoms with Gasteiger partial charge in [-0.2, -0.15) is 4.98 Å². The van der Waals surface area contributed by atoms with Crippen molar-refractivity contribution >= 4 is 11.8 Å². The molecule has 2 aromatic rings. The molecule has 2 fully saturated rings. The third-order valence-electron chi connectivity index (χ3n) is 5.87. The highest BCUT2D eigenvalue weighted by atomic mass is 16.3. The van der Waals surface area contributed by atoms with E-state index >= 15 is 0 Å². The van der Waals surface area contributed by atoms with Gasteiger partial charge in [0.25, 0.3) is 0 Å². The van der Waals surface area contributed by atoms with Gasteiger partial charge >= 0.3 is 0 Å². The summed E-state index contributed by atoms with van der Waals surface area (Å²) < 4.78 is 0. The van der Waals surface area contributed by atoms with Gasteiger partial charge in [-0.3, -0.25) is 4.98 Å². The molecule has 0 radical (unpaired) electrons. The molecule has 162 valence electrons. The van der Waals surface area contributed by atoms with Gasteiger partial charge in [0.05, 0.1) is 23.1 Å². The molecule has 2 heterocycles. The zero-order valence-electron chi connectivity index (χ0n) is 17.9. The summed E-state index contributed by atoms with van der Waals surface area (Å²) in [5, 5.41) is 20.3. The highest BCUT2D eigenvalue weighted by Crippen LogP contribution is 2.29. The molecule has 2 saturated carbocycles. The van der Waals surface area contributed by atoms with Crippen molar-refractivity contribution in [3.05, 3.63) is 30.1 Å². The number of aromatic nitrogens is 3. The molecule has 0 bridgehead atoms. The molecule has 0 unspecified atom stereocenters. The van der Waals surface area contributed by atoms with E-state index < -0.39 is 0 Å². The molecule has 7 nitrogen and oxygen atoms in total. The van der Waals surface area contributed by atoms with Crippen molar-refractivity contribution < 1.29 is 5.11 Å². The number of aliphatic hydroxyl groups excluding tert-OH is 1. The van der Waals surface area contributed by atoms with Gasteiger partial charge in [0, 0.05) is 31.4 Å². The van der Waals surface area contributed by atoms with Crippen molar-refractivity contribution in [2.45, 2.75) is 83.0 Å². The van der Waals surface area contributed by atoms with E-state index in [0.29, 0.717) is 18.0 Å². The molecule has 0 amide bonds. The summed E-state index contributed by atoms with van der Waals surface area (Å²) in [7, 11) is 0. The summed E-state index contributed by atoms with van der Waals surface area (Å²) in [4.78, 5) is 14.2. The van der Waals surface area contributed by atoms with Crippen LogP contribution in [0.4, 0.5) is 11.8 Å². The van der Waals surface area contributed by atoms with E-state index in [1.807, 2.05) is 12.3 Å². The summed E-state index contributed by atoms with van der Waals surface area (Å²) in [5.41, 5.74) is 2.86. The second kappa shape index (κ2) is 10.2. The minimum Gasteiger partial charge on any atom is -0.393 e. The Hall–Kier alpha value is -2.25. The van der Waals surface area contributed by atoms with Gasteiger partial charge in [0.15, 0.2) is 0 Å². The van der Waals surface area contributed by atoms with E-state index in [-0.39, 0.29) is 6.10 Å². The summed E-state index contributed by atoms with van der Waals surface area (Å²) in [6.45, 7) is 3.83. The highest BCUT2D eigenvalue weighted by Gasteiger charge is 2.22. The Kier molecular flexibility index (Phi) is 7.12. The lowest BCUT2D eigenvalue weighted by molar-refractivity contribution is 0.126. The van der Waals surface area contributed by atoms with Crippen LogP contribution in [-0.4, -0.2) is 44.8 Å². The number of pyridine rings is 1. The summed E-state index contributed by atoms with van der Waals surface area (Å²) in [5.74, 6) is 1.47. The number of hydrogen-bond acceptors (Lipinski definition) is 7. The maximum Gasteiger partial charge on any atom is 0.224 e. The van der Waals surface area contributed by atoms with E-state index in [1.165, 1.54) is 12.8 Å². The van der Waals surface area contributed by atoms with Crippen molar-refractivity contribution in [1.82, 2.24) is 20.3 Å². The molecule has 0 saturated heterocycles. The molecular weight excluding hydrogens is 376 g/mol. The first kappa shape index (κ1) is 21.0. The molecule has 30 heavy (non-hydrogen) atoms. The Morgan fingerprint density at radius 1 is 1.03 bits per heavy atom. The summed E-state index contributed by atoms with van der Waals surface area (Å²) >= 11 is 0. The second-order valence-corrected chi connectivity index (χ2v) is 8.56. The monoisotopic (exact) mass is 410 g/mol. The highest BCUT2D eigenvalue weighted by molar-refractivity contribution is 5.73. The normalized spacial score (nSPS) is 21.4. The number of hydrogen-bond donors (Lipinski definition) is 4. The molecule has 4 N–H and O–H groups in total. The smallest absolute Gasteiger partial charge is 0.224 e. The minimum absolute atomic E-state index is 0.170. The van der Waals surface area contributed by atoms with Crippen LogP contribution in [0.25, 0.3) is 11.3 Å². The van der Waals surface area contributed by atoms with Gasteiger partial charge in [-0.25, -0.2) is 4.98 Å². The van der Waals surface area contributed by atoms with Crippen LogP contribution < -0.4 is 16.0 Å². The minimum atomic E-state index is -0.170. The summed E-state index contributed by atoms with van der Waals surface area (Å²) in [6.07, 6.45) is 10.0. The largest absolute Gasteiger partial charge is 0.393 e. The Morgan fingerprint density at radius 2 is 1.83 bits per heavy atom. The predicted octanol–water partition coefficient (Wildman–Crippen LogP) is 3.72. The van der Waals surface area contributed by atoms with Crippen LogP contribution in [0, 0.1) is 0 Å². The fourth-order valence-corrected chi connectivity index (χ4v) is 3.82. The average molecular weight is 411 g/mol. The van der Waals surface area contributed by atoms with E-state index in [4.69, 9.17) is 9.97 Å². The van der Waals surface area contributed by atoms with Gasteiger partial charge in [-0.15, -0.1) is 0 Å². The van der Waals surface area contributed by atoms with E-state index in [0.717, 1.165) is 74.4 Å². The number of anilines is 2. The SMILES string of the molecule is CCCCNc1ncc(-c2cccc(CNC3CC3)n2)c(NC2CCC(O)CC2)n1. The quantitative estimate of drug-likeness (QED) is 0.444. The average Bonchev–Trinajstić information content (AvgIpc) is 3.59. The number of rotatable bonds is 10. The first-order chi connectivity index (χ1) is 14.7. The number of unbranched alkanes of at least 4 members (excludes halogenated alkanes) is 1. The van der Waals surface area contributed by atoms with E-state index in [2.05, 4.69) is 40.0 Å². The zero-order valence-corrected chi connectivity index (χ0v) is 17.9. The fraction of sp³-hybridized carbons (Fsp3) is 0.609. The standard InChI is InChI=1S/C23H34N6O/c1-2-3-13-24-23-26-15-20(22(29-23)28-17-9-11-19(30)12-10-17)21-6-4-5-18(27-21)14-25-16-7-8-16/h4-6,15-17,19,25,30H,2-3,7-14H2,1H3,(H2,24,26,28,29). The van der Waals surface area contributed by atoms with Crippen molar-refractivity contribution in [3.63, 3.8) is 0 Å². The van der Waals surface area contributed by atoms with Gasteiger partial charge < -0.3 is 21.1 Å². The zero-order chi connectivity index (χ0) is 20.8. The van der Waals surface area contributed by atoms with Gasteiger partial charge in [0.2, 0.25) is 5.95 Å². The molecule has 0 aliphatic heterocycles. The maximum absolute atomic E-state index is 9.84. The molecule has 7 heteroatoms. The molecule has 0 aromatic carbocycles. The number of aliphatic hydroxyl groups is 1. The number of nitrogens with zero attached hydrogens (tertiary/aromatic N) is 3. The van der Waals surface area contributed by atoms with Crippen LogP contribution in [0.2, 0.25) is 0 Å². The Bertz CT molecular complexity index is 817. The molecule has 0 atom stereocenters. The lowest BCUT2D eigenvalue weighted by atomic mass is 9.93. The van der Waals surface area contributed by atoms with Crippen molar-refractivity contribution in [1.29, 1.82) is 0 Å². The van der Waals surface area contributed by atoms with Crippen molar-refractivity contribution in [2.24, 2.45) is 0 Å². The Morgan fingerprint density at radius 3 is 2.60 bits per heavy atom. The number of nitrogens with one attached hydrogen (secondary N) is 3. The molecule has 4 rings (SSSR count). The first-order valence-corrected chi connectivity index (χ1v) is 11.5. The lowest BCUT2D eigenvalue weighted by Crippen LogP contribution is -2.29. The van der Waals surface area contributed by atoms with Crippen LogP contribution in [0.15, 0.2) is 24.4 Å². The van der Waals surface area contributed by atoms with Crippen molar-refractivity contribution in [3.8, 4) is 11.3 Å². The van der Waals surface area contributed by atoms with E-state index in [9.17, 15) is 5.11 Å². The second-order valence-electron chi connectivity index (χ2n) is 8.56. The molecule has 0 spiro atoms. The van der Waals surface area contributed by atoms with Gasteiger partial charge in [-0.05, 0) is 57.1 Å². The van der Waals surface area contributed by atoms with Gasteiger partial charge in [-0.1, -0.05) is 19.4 Å². The molecule has 2 aliphatic carbocycles. The fourth-order valence-electron chi connectivity index (χ4n) is 3.82. The van der Waals surface area contributed by atoms with Gasteiger partial charge in [0.1, 0.15) is 5.82 Å². The Balaban J connectivity index is 1.54. The predicted molar refractivity (Wildman–Crippen MR) is 120 cm³/mol. The summed E-state index contributed by atoms with van der Waals surface area (Å²) in [6, 6.07) is 7.12. The molecule has 2 aliphatic rings.